The maximum atomic E-state index is 12.4. The molecule has 0 fully saturated rings. The van der Waals surface area contributed by atoms with E-state index in [0.717, 1.165) is 17.1 Å². The van der Waals surface area contributed by atoms with Crippen molar-refractivity contribution >= 4 is 28.8 Å². The summed E-state index contributed by atoms with van der Waals surface area (Å²) in [4.78, 5) is 18.8. The van der Waals surface area contributed by atoms with E-state index in [4.69, 9.17) is 4.84 Å². The zero-order valence-electron chi connectivity index (χ0n) is 11.9. The quantitative estimate of drug-likeness (QED) is 0.943. The van der Waals surface area contributed by atoms with Crippen molar-refractivity contribution in [1.29, 1.82) is 0 Å². The summed E-state index contributed by atoms with van der Waals surface area (Å²) in [5.74, 6) is 0.287. The van der Waals surface area contributed by atoms with E-state index in [1.807, 2.05) is 30.6 Å². The van der Waals surface area contributed by atoms with E-state index in [1.165, 1.54) is 0 Å². The molecule has 0 aromatic carbocycles. The Bertz CT molecular complexity index is 677. The Morgan fingerprint density at radius 3 is 3.10 bits per heavy atom. The van der Waals surface area contributed by atoms with Crippen molar-refractivity contribution < 1.29 is 9.63 Å². The van der Waals surface area contributed by atoms with Crippen LogP contribution in [-0.2, 0) is 16.2 Å². The number of oxime groups is 1. The fourth-order valence-electron chi connectivity index (χ4n) is 2.09. The molecule has 21 heavy (non-hydrogen) atoms. The average molecular weight is 304 g/mol. The molecule has 1 aliphatic heterocycles. The SMILES string of the molecule is CCn1ccc(NC(=O)[C@@]2(C)CC(c3cccs3)=NO2)n1. The Morgan fingerprint density at radius 2 is 2.43 bits per heavy atom. The van der Waals surface area contributed by atoms with Crippen LogP contribution in [0.5, 0.6) is 0 Å². The van der Waals surface area contributed by atoms with Gasteiger partial charge in [0, 0.05) is 25.2 Å². The first-order valence-corrected chi connectivity index (χ1v) is 7.62. The minimum absolute atomic E-state index is 0.237. The molecule has 0 saturated heterocycles. The lowest BCUT2D eigenvalue weighted by Gasteiger charge is -2.19. The Kier molecular flexibility index (Phi) is 3.50. The van der Waals surface area contributed by atoms with Crippen molar-refractivity contribution in [2.75, 3.05) is 5.32 Å². The van der Waals surface area contributed by atoms with Crippen molar-refractivity contribution in [3.8, 4) is 0 Å². The number of anilines is 1. The Balaban J connectivity index is 1.68. The van der Waals surface area contributed by atoms with Crippen LogP contribution < -0.4 is 5.32 Å². The molecule has 0 bridgehead atoms. The molecule has 3 rings (SSSR count). The molecule has 0 radical (unpaired) electrons. The van der Waals surface area contributed by atoms with Gasteiger partial charge in [-0.1, -0.05) is 11.2 Å². The van der Waals surface area contributed by atoms with Crippen LogP contribution in [0.15, 0.2) is 34.9 Å². The van der Waals surface area contributed by atoms with E-state index in [-0.39, 0.29) is 5.91 Å². The predicted octanol–water partition coefficient (Wildman–Crippen LogP) is 2.49. The Morgan fingerprint density at radius 1 is 1.57 bits per heavy atom. The largest absolute Gasteiger partial charge is 0.379 e. The number of hydrogen-bond acceptors (Lipinski definition) is 5. The van der Waals surface area contributed by atoms with Crippen molar-refractivity contribution in [3.05, 3.63) is 34.7 Å². The molecule has 0 aliphatic carbocycles. The molecule has 1 amide bonds. The van der Waals surface area contributed by atoms with Gasteiger partial charge in [0.05, 0.1) is 4.88 Å². The van der Waals surface area contributed by atoms with E-state index in [1.54, 1.807) is 29.0 Å². The van der Waals surface area contributed by atoms with E-state index < -0.39 is 5.60 Å². The molecule has 2 aromatic heterocycles. The second-order valence-electron chi connectivity index (χ2n) is 5.02. The lowest BCUT2D eigenvalue weighted by atomic mass is 9.98. The number of aryl methyl sites for hydroxylation is 1. The first kappa shape index (κ1) is 13.8. The highest BCUT2D eigenvalue weighted by Crippen LogP contribution is 2.29. The number of nitrogens with zero attached hydrogens (tertiary/aromatic N) is 3. The molecule has 7 heteroatoms. The molecule has 2 aromatic rings. The first-order valence-electron chi connectivity index (χ1n) is 6.74. The third kappa shape index (κ3) is 2.69. The molecule has 6 nitrogen and oxygen atoms in total. The van der Waals surface area contributed by atoms with E-state index in [9.17, 15) is 4.79 Å². The number of hydrogen-bond donors (Lipinski definition) is 1. The van der Waals surface area contributed by atoms with Gasteiger partial charge >= 0.3 is 0 Å². The van der Waals surface area contributed by atoms with Crippen LogP contribution in [0.4, 0.5) is 5.82 Å². The van der Waals surface area contributed by atoms with Crippen LogP contribution in [0.1, 0.15) is 25.1 Å². The standard InChI is InChI=1S/C14H16N4O2S/c1-3-18-7-6-12(16-18)15-13(19)14(2)9-10(17-20-14)11-5-4-8-21-11/h4-8H,3,9H2,1-2H3,(H,15,16,19)/t14-/m1/s1. The minimum atomic E-state index is -0.991. The highest BCUT2D eigenvalue weighted by atomic mass is 32.1. The maximum absolute atomic E-state index is 12.4. The lowest BCUT2D eigenvalue weighted by Crippen LogP contribution is -2.40. The Labute approximate surface area is 126 Å². The van der Waals surface area contributed by atoms with Crippen molar-refractivity contribution in [1.82, 2.24) is 9.78 Å². The normalized spacial score (nSPS) is 21.0. The number of rotatable bonds is 4. The molecule has 3 heterocycles. The summed E-state index contributed by atoms with van der Waals surface area (Å²) in [5.41, 5.74) is -0.184. The molecule has 0 spiro atoms. The van der Waals surface area contributed by atoms with E-state index in [0.29, 0.717) is 12.2 Å². The van der Waals surface area contributed by atoms with Gasteiger partial charge in [-0.25, -0.2) is 0 Å². The van der Waals surface area contributed by atoms with Crippen molar-refractivity contribution in [2.24, 2.45) is 5.16 Å². The Hall–Kier alpha value is -2.15. The minimum Gasteiger partial charge on any atom is -0.379 e. The van der Waals surface area contributed by atoms with Gasteiger partial charge in [0.15, 0.2) is 5.82 Å². The van der Waals surface area contributed by atoms with Crippen LogP contribution in [0, 0.1) is 0 Å². The molecular formula is C14H16N4O2S. The summed E-state index contributed by atoms with van der Waals surface area (Å²) in [6, 6.07) is 5.69. The van der Waals surface area contributed by atoms with E-state index in [2.05, 4.69) is 15.6 Å². The zero-order valence-corrected chi connectivity index (χ0v) is 12.7. The maximum Gasteiger partial charge on any atom is 0.272 e. The van der Waals surface area contributed by atoms with Gasteiger partial charge in [-0.3, -0.25) is 9.48 Å². The fourth-order valence-corrected chi connectivity index (χ4v) is 2.80. The zero-order chi connectivity index (χ0) is 14.9. The summed E-state index contributed by atoms with van der Waals surface area (Å²) in [6.07, 6.45) is 2.27. The fraction of sp³-hybridized carbons (Fsp3) is 0.357. The second kappa shape index (κ2) is 5.33. The van der Waals surface area contributed by atoms with Crippen molar-refractivity contribution in [2.45, 2.75) is 32.4 Å². The molecule has 110 valence electrons. The summed E-state index contributed by atoms with van der Waals surface area (Å²) < 4.78 is 1.75. The van der Waals surface area contributed by atoms with Crippen LogP contribution in [-0.4, -0.2) is 27.0 Å². The second-order valence-corrected chi connectivity index (χ2v) is 5.97. The molecule has 1 atom stereocenters. The molecular weight excluding hydrogens is 288 g/mol. The number of amides is 1. The monoisotopic (exact) mass is 304 g/mol. The van der Waals surface area contributed by atoms with Gasteiger partial charge in [0.2, 0.25) is 5.60 Å². The van der Waals surface area contributed by atoms with Crippen molar-refractivity contribution in [3.63, 3.8) is 0 Å². The van der Waals surface area contributed by atoms with Gasteiger partial charge in [0.25, 0.3) is 5.91 Å². The highest BCUT2D eigenvalue weighted by Gasteiger charge is 2.42. The van der Waals surface area contributed by atoms with E-state index >= 15 is 0 Å². The van der Waals surface area contributed by atoms with Gasteiger partial charge in [-0.2, -0.15) is 5.10 Å². The van der Waals surface area contributed by atoms with Gasteiger partial charge in [0.1, 0.15) is 5.71 Å². The summed E-state index contributed by atoms with van der Waals surface area (Å²) in [7, 11) is 0. The van der Waals surface area contributed by atoms with Gasteiger partial charge < -0.3 is 10.2 Å². The summed E-state index contributed by atoms with van der Waals surface area (Å²) in [6.45, 7) is 4.49. The average Bonchev–Trinajstić information content (AvgIpc) is 3.18. The number of nitrogens with one attached hydrogen (secondary N) is 1. The van der Waals surface area contributed by atoms with Crippen LogP contribution in [0.2, 0.25) is 0 Å². The smallest absolute Gasteiger partial charge is 0.272 e. The molecule has 0 unspecified atom stereocenters. The highest BCUT2D eigenvalue weighted by molar-refractivity contribution is 7.12. The molecule has 1 N–H and O–H groups in total. The number of carbonyl (C=O) groups is 1. The summed E-state index contributed by atoms with van der Waals surface area (Å²) in [5, 5.41) is 13.0. The third-order valence-electron chi connectivity index (χ3n) is 3.35. The lowest BCUT2D eigenvalue weighted by molar-refractivity contribution is -0.135. The topological polar surface area (TPSA) is 68.5 Å². The number of aromatic nitrogens is 2. The van der Waals surface area contributed by atoms with Gasteiger partial charge in [-0.15, -0.1) is 11.3 Å². The first-order chi connectivity index (χ1) is 10.1. The third-order valence-corrected chi connectivity index (χ3v) is 4.27. The molecule has 1 aliphatic rings. The van der Waals surface area contributed by atoms with Gasteiger partial charge in [-0.05, 0) is 25.3 Å². The predicted molar refractivity (Wildman–Crippen MR) is 81.5 cm³/mol. The summed E-state index contributed by atoms with van der Waals surface area (Å²) >= 11 is 1.58. The number of carbonyl (C=O) groups excluding carboxylic acids is 1. The van der Waals surface area contributed by atoms with Crippen LogP contribution in [0.25, 0.3) is 0 Å². The number of thiophene rings is 1. The van der Waals surface area contributed by atoms with Crippen LogP contribution in [0.3, 0.4) is 0 Å². The molecule has 0 saturated carbocycles. The van der Waals surface area contributed by atoms with Crippen LogP contribution >= 0.6 is 11.3 Å².